The Morgan fingerprint density at radius 1 is 0.921 bits per heavy atom. The molecule has 1 heterocycles. The van der Waals surface area contributed by atoms with Gasteiger partial charge >= 0.3 is 0 Å². The molecule has 1 N–H and O–H groups in total. The number of likely N-dealkylation sites (tertiary alicyclic amines) is 1. The van der Waals surface area contributed by atoms with Crippen LogP contribution in [0.25, 0.3) is 11.1 Å². The van der Waals surface area contributed by atoms with Crippen molar-refractivity contribution in [2.45, 2.75) is 38.2 Å². The molecule has 1 aliphatic carbocycles. The lowest BCUT2D eigenvalue weighted by atomic mass is 9.79. The Hall–Kier alpha value is -3.13. The maximum absolute atomic E-state index is 12.5. The average molecular weight is 534 g/mol. The third-order valence-corrected chi connectivity index (χ3v) is 7.85. The van der Waals surface area contributed by atoms with Crippen LogP contribution in [-0.2, 0) is 20.7 Å². The second-order valence-corrected chi connectivity index (χ2v) is 11.7. The fourth-order valence-electron chi connectivity index (χ4n) is 5.51. The van der Waals surface area contributed by atoms with E-state index in [-0.39, 0.29) is 5.75 Å². The van der Waals surface area contributed by atoms with Gasteiger partial charge in [-0.05, 0) is 96.4 Å². The van der Waals surface area contributed by atoms with Crippen LogP contribution < -0.4 is 4.74 Å². The van der Waals surface area contributed by atoms with Crippen LogP contribution >= 0.6 is 0 Å². The molecule has 3 aromatic carbocycles. The molecule has 0 bridgehead atoms. The molecule has 38 heavy (non-hydrogen) atoms. The Balaban J connectivity index is 1.49. The third-order valence-electron chi connectivity index (χ3n) is 7.31. The van der Waals surface area contributed by atoms with Gasteiger partial charge in [0.15, 0.2) is 0 Å². The smallest absolute Gasteiger partial charge is 0.265 e. The minimum Gasteiger partial charge on any atom is -0.508 e. The Morgan fingerprint density at radius 2 is 1.68 bits per heavy atom. The van der Waals surface area contributed by atoms with Gasteiger partial charge in [0.25, 0.3) is 10.1 Å². The van der Waals surface area contributed by atoms with Crippen molar-refractivity contribution in [3.05, 3.63) is 95.1 Å². The van der Waals surface area contributed by atoms with E-state index in [2.05, 4.69) is 11.0 Å². The van der Waals surface area contributed by atoms with Crippen molar-refractivity contribution in [2.24, 2.45) is 0 Å². The van der Waals surface area contributed by atoms with Crippen molar-refractivity contribution in [1.29, 1.82) is 0 Å². The summed E-state index contributed by atoms with van der Waals surface area (Å²) in [4.78, 5) is 2.43. The first-order chi connectivity index (χ1) is 18.4. The number of piperidine rings is 1. The van der Waals surface area contributed by atoms with Gasteiger partial charge < -0.3 is 9.84 Å². The predicted molar refractivity (Wildman–Crippen MR) is 151 cm³/mol. The number of aromatic hydroxyl groups is 1. The summed E-state index contributed by atoms with van der Waals surface area (Å²) in [7, 11) is -3.79. The summed E-state index contributed by atoms with van der Waals surface area (Å²) < 4.78 is 36.8. The zero-order chi connectivity index (χ0) is 26.5. The molecular formula is C31H35NO5S. The predicted octanol–water partition coefficient (Wildman–Crippen LogP) is 5.83. The number of allylic oxidation sites excluding steroid dienone is 1. The summed E-state index contributed by atoms with van der Waals surface area (Å²) in [6, 6.07) is 22.7. The SMILES string of the molecule is CS(=O)(=O)OC(C1=C(c2cccc(O)c2)CCc2ccccc21)c1ccc(OCCN2CCCCC2)cc1. The molecule has 0 spiro atoms. The number of phenols is 1. The first-order valence-corrected chi connectivity index (χ1v) is 15.1. The van der Waals surface area contributed by atoms with E-state index in [0.717, 1.165) is 71.5 Å². The maximum atomic E-state index is 12.5. The first kappa shape index (κ1) is 26.5. The molecule has 0 amide bonds. The normalized spacial score (nSPS) is 17.2. The molecule has 7 heteroatoms. The number of rotatable bonds is 9. The standard InChI is InChI=1S/C31H35NO5S/c1-38(34,35)37-31(24-12-15-27(16-13-24)36-21-20-32-18-5-2-6-19-32)30-28-11-4-3-8-23(28)14-17-29(30)25-9-7-10-26(33)22-25/h3-4,7-13,15-16,22,31,33H,2,5-6,14,17-21H2,1H3. The highest BCUT2D eigenvalue weighted by Crippen LogP contribution is 2.46. The van der Waals surface area contributed by atoms with Gasteiger partial charge in [0, 0.05) is 6.54 Å². The van der Waals surface area contributed by atoms with E-state index in [4.69, 9.17) is 8.92 Å². The molecule has 1 unspecified atom stereocenters. The number of phenolic OH excluding ortho intramolecular Hbond substituents is 1. The van der Waals surface area contributed by atoms with Crippen LogP contribution in [-0.4, -0.2) is 50.9 Å². The number of hydrogen-bond acceptors (Lipinski definition) is 6. The van der Waals surface area contributed by atoms with Crippen molar-refractivity contribution in [1.82, 2.24) is 4.90 Å². The number of nitrogens with zero attached hydrogens (tertiary/aromatic N) is 1. The molecule has 1 saturated heterocycles. The van der Waals surface area contributed by atoms with Crippen LogP contribution in [0.15, 0.2) is 72.8 Å². The molecule has 3 aromatic rings. The zero-order valence-electron chi connectivity index (χ0n) is 21.8. The van der Waals surface area contributed by atoms with Crippen LogP contribution in [0.3, 0.4) is 0 Å². The topological polar surface area (TPSA) is 76.1 Å². The Kier molecular flexibility index (Phi) is 8.17. The van der Waals surface area contributed by atoms with E-state index >= 15 is 0 Å². The van der Waals surface area contributed by atoms with E-state index in [0.29, 0.717) is 13.0 Å². The van der Waals surface area contributed by atoms with Crippen LogP contribution in [0, 0.1) is 0 Å². The fraction of sp³-hybridized carbons (Fsp3) is 0.355. The summed E-state index contributed by atoms with van der Waals surface area (Å²) in [6.45, 7) is 3.77. The summed E-state index contributed by atoms with van der Waals surface area (Å²) in [5, 5.41) is 10.2. The number of aryl methyl sites for hydroxylation is 1. The number of benzene rings is 3. The van der Waals surface area contributed by atoms with Crippen molar-refractivity contribution < 1.29 is 22.4 Å². The quantitative estimate of drug-likeness (QED) is 0.349. The zero-order valence-corrected chi connectivity index (χ0v) is 22.6. The van der Waals surface area contributed by atoms with E-state index in [1.165, 1.54) is 19.3 Å². The molecular weight excluding hydrogens is 498 g/mol. The van der Waals surface area contributed by atoms with E-state index in [1.54, 1.807) is 18.2 Å². The van der Waals surface area contributed by atoms with Crippen molar-refractivity contribution >= 4 is 21.3 Å². The molecule has 1 fully saturated rings. The minimum atomic E-state index is -3.79. The molecule has 1 atom stereocenters. The molecule has 0 saturated carbocycles. The summed E-state index contributed by atoms with van der Waals surface area (Å²) in [6.07, 6.45) is 5.58. The molecule has 0 radical (unpaired) electrons. The maximum Gasteiger partial charge on any atom is 0.265 e. The van der Waals surface area contributed by atoms with Gasteiger partial charge in [-0.3, -0.25) is 9.08 Å². The summed E-state index contributed by atoms with van der Waals surface area (Å²) >= 11 is 0. The molecule has 5 rings (SSSR count). The fourth-order valence-corrected chi connectivity index (χ4v) is 6.07. The molecule has 6 nitrogen and oxygen atoms in total. The van der Waals surface area contributed by atoms with E-state index in [9.17, 15) is 13.5 Å². The lowest BCUT2D eigenvalue weighted by Gasteiger charge is -2.30. The largest absolute Gasteiger partial charge is 0.508 e. The van der Waals surface area contributed by atoms with Gasteiger partial charge in [0.1, 0.15) is 24.2 Å². The van der Waals surface area contributed by atoms with Crippen LogP contribution in [0.4, 0.5) is 0 Å². The van der Waals surface area contributed by atoms with Crippen LogP contribution in [0.2, 0.25) is 0 Å². The molecule has 200 valence electrons. The molecule has 2 aliphatic rings. The highest BCUT2D eigenvalue weighted by molar-refractivity contribution is 7.86. The highest BCUT2D eigenvalue weighted by Gasteiger charge is 2.31. The lowest BCUT2D eigenvalue weighted by molar-refractivity contribution is 0.183. The van der Waals surface area contributed by atoms with Gasteiger partial charge in [-0.1, -0.05) is 55.0 Å². The van der Waals surface area contributed by atoms with Crippen LogP contribution in [0.1, 0.15) is 54.0 Å². The lowest BCUT2D eigenvalue weighted by Crippen LogP contribution is -2.33. The van der Waals surface area contributed by atoms with Gasteiger partial charge in [-0.2, -0.15) is 8.42 Å². The number of fused-ring (bicyclic) bond motifs is 1. The molecule has 1 aliphatic heterocycles. The Bertz CT molecular complexity index is 1390. The average Bonchev–Trinajstić information content (AvgIpc) is 2.92. The van der Waals surface area contributed by atoms with Gasteiger partial charge in [-0.25, -0.2) is 0 Å². The van der Waals surface area contributed by atoms with E-state index < -0.39 is 16.2 Å². The summed E-state index contributed by atoms with van der Waals surface area (Å²) in [5.74, 6) is 0.912. The Morgan fingerprint density at radius 3 is 2.42 bits per heavy atom. The summed E-state index contributed by atoms with van der Waals surface area (Å²) in [5.41, 5.74) is 5.47. The monoisotopic (exact) mass is 533 g/mol. The van der Waals surface area contributed by atoms with E-state index in [1.807, 2.05) is 48.5 Å². The Labute approximate surface area is 225 Å². The number of ether oxygens (including phenoxy) is 1. The van der Waals surface area contributed by atoms with Gasteiger partial charge in [-0.15, -0.1) is 0 Å². The van der Waals surface area contributed by atoms with Crippen molar-refractivity contribution in [2.75, 3.05) is 32.5 Å². The highest BCUT2D eigenvalue weighted by atomic mass is 32.2. The van der Waals surface area contributed by atoms with Gasteiger partial charge in [0.2, 0.25) is 0 Å². The van der Waals surface area contributed by atoms with Crippen molar-refractivity contribution in [3.8, 4) is 11.5 Å². The minimum absolute atomic E-state index is 0.167. The third kappa shape index (κ3) is 6.46. The van der Waals surface area contributed by atoms with Crippen molar-refractivity contribution in [3.63, 3.8) is 0 Å². The van der Waals surface area contributed by atoms with Crippen LogP contribution in [0.5, 0.6) is 11.5 Å². The van der Waals surface area contributed by atoms with Gasteiger partial charge in [0.05, 0.1) is 6.26 Å². The molecule has 0 aromatic heterocycles. The second-order valence-electron chi connectivity index (χ2n) is 10.1. The first-order valence-electron chi connectivity index (χ1n) is 13.3. The second kappa shape index (κ2) is 11.7. The number of hydrogen-bond donors (Lipinski definition) is 1.